The lowest BCUT2D eigenvalue weighted by Gasteiger charge is -2.08. The van der Waals surface area contributed by atoms with E-state index in [4.69, 9.17) is 5.73 Å². The van der Waals surface area contributed by atoms with Gasteiger partial charge in [-0.15, -0.1) is 0 Å². The van der Waals surface area contributed by atoms with Crippen LogP contribution in [0.3, 0.4) is 0 Å². The van der Waals surface area contributed by atoms with Gasteiger partial charge in [0, 0.05) is 24.7 Å². The minimum Gasteiger partial charge on any atom is -0.508 e. The predicted molar refractivity (Wildman–Crippen MR) is 70.6 cm³/mol. The zero-order valence-electron chi connectivity index (χ0n) is 10.5. The number of amides is 2. The van der Waals surface area contributed by atoms with Gasteiger partial charge in [0.05, 0.1) is 5.56 Å². The van der Waals surface area contributed by atoms with Crippen molar-refractivity contribution in [2.45, 2.75) is 25.3 Å². The molecule has 0 atom stereocenters. The summed E-state index contributed by atoms with van der Waals surface area (Å²) in [6, 6.07) is 4.50. The first-order valence-electron chi connectivity index (χ1n) is 6.22. The Morgan fingerprint density at radius 1 is 1.37 bits per heavy atom. The lowest BCUT2D eigenvalue weighted by Crippen LogP contribution is -2.31. The number of carbonyl (C=O) groups excluding carboxylic acids is 2. The molecular formula is C13H17N3O3. The molecule has 6 heteroatoms. The molecule has 1 aliphatic rings. The highest BCUT2D eigenvalue weighted by Crippen LogP contribution is 2.19. The summed E-state index contributed by atoms with van der Waals surface area (Å²) in [5.74, 6) is -0.481. The number of aromatic hydroxyl groups is 1. The SMILES string of the molecule is Nc1ccc(O)cc1C(=O)NCCC(=O)NC1CC1. The van der Waals surface area contributed by atoms with E-state index in [-0.39, 0.29) is 35.9 Å². The van der Waals surface area contributed by atoms with E-state index in [0.717, 1.165) is 12.8 Å². The Kier molecular flexibility index (Phi) is 3.89. The van der Waals surface area contributed by atoms with Crippen molar-refractivity contribution in [3.63, 3.8) is 0 Å². The molecule has 102 valence electrons. The standard InChI is InChI=1S/C13H17N3O3/c14-11-4-3-9(17)7-10(11)13(19)15-6-5-12(18)16-8-1-2-8/h3-4,7-8,17H,1-2,5-6,14H2,(H,15,19)(H,16,18). The van der Waals surface area contributed by atoms with Crippen LogP contribution in [0.5, 0.6) is 5.75 Å². The van der Waals surface area contributed by atoms with Crippen LogP contribution in [0.25, 0.3) is 0 Å². The molecule has 2 amide bonds. The second-order valence-corrected chi connectivity index (χ2v) is 4.62. The number of hydrogen-bond acceptors (Lipinski definition) is 4. The molecule has 0 bridgehead atoms. The summed E-state index contributed by atoms with van der Waals surface area (Å²) in [4.78, 5) is 23.2. The smallest absolute Gasteiger partial charge is 0.253 e. The maximum atomic E-state index is 11.8. The third kappa shape index (κ3) is 3.87. The Bertz CT molecular complexity index is 498. The Balaban J connectivity index is 1.80. The van der Waals surface area contributed by atoms with Crippen molar-refractivity contribution in [1.29, 1.82) is 0 Å². The van der Waals surface area contributed by atoms with Gasteiger partial charge in [-0.05, 0) is 31.0 Å². The minimum atomic E-state index is -0.396. The molecule has 0 heterocycles. The molecule has 1 saturated carbocycles. The molecule has 0 aromatic heterocycles. The van der Waals surface area contributed by atoms with Crippen LogP contribution in [-0.2, 0) is 4.79 Å². The van der Waals surface area contributed by atoms with Gasteiger partial charge >= 0.3 is 0 Å². The van der Waals surface area contributed by atoms with Crippen LogP contribution in [0.2, 0.25) is 0 Å². The van der Waals surface area contributed by atoms with Crippen LogP contribution in [0.4, 0.5) is 5.69 Å². The minimum absolute atomic E-state index is 0.0224. The normalized spacial score (nSPS) is 13.9. The summed E-state index contributed by atoms with van der Waals surface area (Å²) in [5.41, 5.74) is 6.15. The van der Waals surface area contributed by atoms with Gasteiger partial charge in [-0.1, -0.05) is 0 Å². The summed E-state index contributed by atoms with van der Waals surface area (Å²) in [6.07, 6.45) is 2.32. The highest BCUT2D eigenvalue weighted by atomic mass is 16.3. The van der Waals surface area contributed by atoms with Gasteiger partial charge in [-0.3, -0.25) is 9.59 Å². The Labute approximate surface area is 111 Å². The molecule has 5 N–H and O–H groups in total. The molecule has 6 nitrogen and oxygen atoms in total. The summed E-state index contributed by atoms with van der Waals surface area (Å²) in [7, 11) is 0. The molecule has 1 aromatic carbocycles. The second kappa shape index (κ2) is 5.60. The van der Waals surface area contributed by atoms with Crippen molar-refractivity contribution in [2.75, 3.05) is 12.3 Å². The number of rotatable bonds is 5. The van der Waals surface area contributed by atoms with Crippen molar-refractivity contribution in [3.05, 3.63) is 23.8 Å². The molecule has 19 heavy (non-hydrogen) atoms. The molecule has 2 rings (SSSR count). The van der Waals surface area contributed by atoms with Crippen LogP contribution in [-0.4, -0.2) is 29.5 Å². The number of hydrogen-bond donors (Lipinski definition) is 4. The lowest BCUT2D eigenvalue weighted by atomic mass is 10.1. The van der Waals surface area contributed by atoms with Gasteiger partial charge < -0.3 is 21.5 Å². The van der Waals surface area contributed by atoms with Crippen LogP contribution >= 0.6 is 0 Å². The van der Waals surface area contributed by atoms with E-state index in [1.807, 2.05) is 0 Å². The average molecular weight is 263 g/mol. The van der Waals surface area contributed by atoms with Gasteiger partial charge in [-0.2, -0.15) is 0 Å². The quantitative estimate of drug-likeness (QED) is 0.455. The van der Waals surface area contributed by atoms with Crippen molar-refractivity contribution in [2.24, 2.45) is 0 Å². The molecule has 0 radical (unpaired) electrons. The highest BCUT2D eigenvalue weighted by Gasteiger charge is 2.22. The van der Waals surface area contributed by atoms with Crippen molar-refractivity contribution >= 4 is 17.5 Å². The monoisotopic (exact) mass is 263 g/mol. The number of carbonyl (C=O) groups is 2. The fraction of sp³-hybridized carbons (Fsp3) is 0.385. The summed E-state index contributed by atoms with van der Waals surface area (Å²) in [6.45, 7) is 0.243. The lowest BCUT2D eigenvalue weighted by molar-refractivity contribution is -0.121. The average Bonchev–Trinajstić information content (AvgIpc) is 3.16. The van der Waals surface area contributed by atoms with Crippen molar-refractivity contribution < 1.29 is 14.7 Å². The topological polar surface area (TPSA) is 104 Å². The van der Waals surface area contributed by atoms with E-state index in [1.54, 1.807) is 0 Å². The van der Waals surface area contributed by atoms with Gasteiger partial charge in [0.25, 0.3) is 5.91 Å². The third-order valence-corrected chi connectivity index (χ3v) is 2.86. The molecule has 1 aliphatic carbocycles. The predicted octanol–water partition coefficient (Wildman–Crippen LogP) is 0.373. The van der Waals surface area contributed by atoms with E-state index in [2.05, 4.69) is 10.6 Å². The van der Waals surface area contributed by atoms with E-state index < -0.39 is 5.91 Å². The Morgan fingerprint density at radius 2 is 2.11 bits per heavy atom. The number of phenols is 1. The van der Waals surface area contributed by atoms with Gasteiger partial charge in [-0.25, -0.2) is 0 Å². The number of benzene rings is 1. The second-order valence-electron chi connectivity index (χ2n) is 4.62. The summed E-state index contributed by atoms with van der Waals surface area (Å²) in [5, 5.41) is 14.7. The maximum Gasteiger partial charge on any atom is 0.253 e. The van der Waals surface area contributed by atoms with Gasteiger partial charge in [0.1, 0.15) is 5.75 Å². The molecule has 0 unspecified atom stereocenters. The largest absolute Gasteiger partial charge is 0.508 e. The van der Waals surface area contributed by atoms with Gasteiger partial charge in [0.15, 0.2) is 0 Å². The van der Waals surface area contributed by atoms with Crippen LogP contribution in [0, 0.1) is 0 Å². The summed E-state index contributed by atoms with van der Waals surface area (Å²) >= 11 is 0. The summed E-state index contributed by atoms with van der Waals surface area (Å²) < 4.78 is 0. The zero-order chi connectivity index (χ0) is 13.8. The first kappa shape index (κ1) is 13.2. The Morgan fingerprint density at radius 3 is 2.79 bits per heavy atom. The first-order chi connectivity index (χ1) is 9.06. The molecule has 0 aliphatic heterocycles. The molecule has 1 fully saturated rings. The van der Waals surface area contributed by atoms with E-state index in [1.165, 1.54) is 18.2 Å². The maximum absolute atomic E-state index is 11.8. The van der Waals surface area contributed by atoms with E-state index >= 15 is 0 Å². The fourth-order valence-corrected chi connectivity index (χ4v) is 1.65. The number of nitrogens with one attached hydrogen (secondary N) is 2. The number of nitrogen functional groups attached to an aromatic ring is 1. The van der Waals surface area contributed by atoms with Crippen LogP contribution in [0.15, 0.2) is 18.2 Å². The third-order valence-electron chi connectivity index (χ3n) is 2.86. The van der Waals surface area contributed by atoms with Crippen LogP contribution < -0.4 is 16.4 Å². The van der Waals surface area contributed by atoms with Crippen molar-refractivity contribution in [1.82, 2.24) is 10.6 Å². The number of anilines is 1. The Hall–Kier alpha value is -2.24. The number of phenolic OH excluding ortho intramolecular Hbond substituents is 1. The molecule has 0 spiro atoms. The van der Waals surface area contributed by atoms with E-state index in [9.17, 15) is 14.7 Å². The highest BCUT2D eigenvalue weighted by molar-refractivity contribution is 5.99. The number of nitrogens with two attached hydrogens (primary N) is 1. The molecule has 0 saturated heterocycles. The van der Waals surface area contributed by atoms with E-state index in [0.29, 0.717) is 6.04 Å². The molecule has 1 aromatic rings. The fourth-order valence-electron chi connectivity index (χ4n) is 1.65. The van der Waals surface area contributed by atoms with Crippen LogP contribution in [0.1, 0.15) is 29.6 Å². The zero-order valence-corrected chi connectivity index (χ0v) is 10.5. The van der Waals surface area contributed by atoms with Gasteiger partial charge in [0.2, 0.25) is 5.91 Å². The van der Waals surface area contributed by atoms with Crippen molar-refractivity contribution in [3.8, 4) is 5.75 Å². The first-order valence-corrected chi connectivity index (χ1v) is 6.22. The molecular weight excluding hydrogens is 246 g/mol.